The van der Waals surface area contributed by atoms with Gasteiger partial charge in [0.15, 0.2) is 10.6 Å². The number of thiazole rings is 1. The second kappa shape index (κ2) is 6.63. The molecular weight excluding hydrogens is 288 g/mol. The molecule has 2 aromatic rings. The Balaban J connectivity index is 2.53. The zero-order valence-electron chi connectivity index (χ0n) is 12.6. The zero-order chi connectivity index (χ0) is 14.7. The molecule has 0 fully saturated rings. The molecule has 2 aromatic heterocycles. The highest BCUT2D eigenvalue weighted by Gasteiger charge is 2.19. The zero-order valence-corrected chi connectivity index (χ0v) is 14.2. The molecule has 0 spiro atoms. The second-order valence-corrected chi connectivity index (χ2v) is 6.67. The lowest BCUT2D eigenvalue weighted by atomic mass is 10.2. The lowest BCUT2D eigenvalue weighted by molar-refractivity contribution is 0.597. The maximum Gasteiger partial charge on any atom is 0.195 e. The summed E-state index contributed by atoms with van der Waals surface area (Å²) in [5, 5.41) is 8.57. The van der Waals surface area contributed by atoms with Crippen LogP contribution in [0.1, 0.15) is 57.3 Å². The summed E-state index contributed by atoms with van der Waals surface area (Å²) < 4.78 is 2.76. The Kier molecular flexibility index (Phi) is 5.10. The van der Waals surface area contributed by atoms with Crippen molar-refractivity contribution in [3.05, 3.63) is 15.5 Å². The number of hydrogen-bond acceptors (Lipinski definition) is 4. The van der Waals surface area contributed by atoms with Crippen molar-refractivity contribution in [3.63, 3.8) is 0 Å². The molecule has 110 valence electrons. The summed E-state index contributed by atoms with van der Waals surface area (Å²) in [5.74, 6) is 0.938. The number of aryl methyl sites for hydroxylation is 2. The van der Waals surface area contributed by atoms with Crippen LogP contribution >= 0.6 is 23.6 Å². The van der Waals surface area contributed by atoms with E-state index in [9.17, 15) is 0 Å². The van der Waals surface area contributed by atoms with Crippen LogP contribution in [-0.2, 0) is 12.8 Å². The summed E-state index contributed by atoms with van der Waals surface area (Å²) in [5.41, 5.74) is 1.16. The van der Waals surface area contributed by atoms with E-state index in [0.29, 0.717) is 10.8 Å². The molecule has 0 aliphatic carbocycles. The van der Waals surface area contributed by atoms with E-state index in [4.69, 9.17) is 17.2 Å². The maximum absolute atomic E-state index is 5.34. The summed E-state index contributed by atoms with van der Waals surface area (Å²) in [6, 6.07) is 0.294. The Morgan fingerprint density at radius 2 is 1.95 bits per heavy atom. The Morgan fingerprint density at radius 1 is 1.25 bits per heavy atom. The predicted molar refractivity (Wildman–Crippen MR) is 86.9 cm³/mol. The third-order valence-electron chi connectivity index (χ3n) is 3.12. The number of hydrogen-bond donors (Lipinski definition) is 1. The first-order valence-corrected chi connectivity index (χ1v) is 8.46. The van der Waals surface area contributed by atoms with Crippen LogP contribution in [0.25, 0.3) is 10.7 Å². The minimum Gasteiger partial charge on any atom is -0.297 e. The van der Waals surface area contributed by atoms with Crippen LogP contribution in [-0.4, -0.2) is 19.7 Å². The molecule has 0 bridgehead atoms. The molecular formula is C14H22N4S2. The van der Waals surface area contributed by atoms with Gasteiger partial charge in [-0.2, -0.15) is 5.10 Å². The molecule has 0 radical (unpaired) electrons. The first kappa shape index (κ1) is 15.4. The van der Waals surface area contributed by atoms with Crippen molar-refractivity contribution < 1.29 is 0 Å². The molecule has 0 aromatic carbocycles. The minimum atomic E-state index is 0.294. The largest absolute Gasteiger partial charge is 0.297 e. The van der Waals surface area contributed by atoms with Crippen LogP contribution in [0.15, 0.2) is 0 Å². The molecule has 1 N–H and O–H groups in total. The van der Waals surface area contributed by atoms with Crippen LogP contribution in [0.3, 0.4) is 0 Å². The summed E-state index contributed by atoms with van der Waals surface area (Å²) in [6.07, 6.45) is 4.24. The van der Waals surface area contributed by atoms with Crippen molar-refractivity contribution in [1.29, 1.82) is 0 Å². The van der Waals surface area contributed by atoms with Crippen molar-refractivity contribution in [1.82, 2.24) is 19.7 Å². The van der Waals surface area contributed by atoms with Gasteiger partial charge >= 0.3 is 0 Å². The van der Waals surface area contributed by atoms with Crippen LogP contribution in [0.5, 0.6) is 0 Å². The number of aromatic amines is 1. The van der Waals surface area contributed by atoms with Gasteiger partial charge in [-0.3, -0.25) is 9.67 Å². The summed E-state index contributed by atoms with van der Waals surface area (Å²) >= 11 is 7.11. The van der Waals surface area contributed by atoms with E-state index in [1.807, 2.05) is 0 Å². The average molecular weight is 310 g/mol. The van der Waals surface area contributed by atoms with E-state index < -0.39 is 0 Å². The van der Waals surface area contributed by atoms with Gasteiger partial charge in [0.05, 0.1) is 15.6 Å². The molecule has 2 rings (SSSR count). The summed E-state index contributed by atoms with van der Waals surface area (Å²) in [7, 11) is 0. The first-order chi connectivity index (χ1) is 9.58. The topological polar surface area (TPSA) is 46.5 Å². The van der Waals surface area contributed by atoms with Gasteiger partial charge in [-0.25, -0.2) is 4.98 Å². The summed E-state index contributed by atoms with van der Waals surface area (Å²) in [4.78, 5) is 5.97. The van der Waals surface area contributed by atoms with E-state index in [0.717, 1.165) is 37.2 Å². The predicted octanol–water partition coefficient (Wildman–Crippen LogP) is 4.55. The monoisotopic (exact) mass is 310 g/mol. The number of rotatable bonds is 6. The van der Waals surface area contributed by atoms with Gasteiger partial charge in [0.25, 0.3) is 0 Å². The van der Waals surface area contributed by atoms with Crippen LogP contribution in [0, 0.1) is 4.77 Å². The van der Waals surface area contributed by atoms with E-state index in [2.05, 4.69) is 42.5 Å². The van der Waals surface area contributed by atoms with Crippen molar-refractivity contribution >= 4 is 23.6 Å². The highest BCUT2D eigenvalue weighted by atomic mass is 32.1. The molecule has 0 amide bonds. The van der Waals surface area contributed by atoms with Gasteiger partial charge in [0.2, 0.25) is 0 Å². The fourth-order valence-electron chi connectivity index (χ4n) is 2.25. The average Bonchev–Trinajstić information content (AvgIpc) is 2.94. The fourth-order valence-corrected chi connectivity index (χ4v) is 3.79. The first-order valence-electron chi connectivity index (χ1n) is 7.24. The molecule has 4 nitrogen and oxygen atoms in total. The number of H-pyrrole nitrogens is 1. The van der Waals surface area contributed by atoms with Gasteiger partial charge in [-0.1, -0.05) is 20.3 Å². The van der Waals surface area contributed by atoms with Gasteiger partial charge in [-0.15, -0.1) is 11.3 Å². The lowest BCUT2D eigenvalue weighted by Gasteiger charge is -2.09. The third-order valence-corrected chi connectivity index (χ3v) is 4.56. The molecule has 0 aliphatic heterocycles. The van der Waals surface area contributed by atoms with E-state index in [-0.39, 0.29) is 0 Å². The third kappa shape index (κ3) is 3.01. The lowest BCUT2D eigenvalue weighted by Crippen LogP contribution is -2.03. The van der Waals surface area contributed by atoms with Crippen molar-refractivity contribution in [2.75, 3.05) is 0 Å². The highest BCUT2D eigenvalue weighted by molar-refractivity contribution is 7.71. The number of nitrogens with zero attached hydrogens (tertiary/aromatic N) is 3. The van der Waals surface area contributed by atoms with E-state index >= 15 is 0 Å². The van der Waals surface area contributed by atoms with Gasteiger partial charge in [-0.05, 0) is 45.3 Å². The molecule has 0 aliphatic rings. The van der Waals surface area contributed by atoms with E-state index in [1.54, 1.807) is 11.3 Å². The minimum absolute atomic E-state index is 0.294. The Bertz CT molecular complexity index is 621. The van der Waals surface area contributed by atoms with Gasteiger partial charge < -0.3 is 0 Å². The molecule has 0 saturated carbocycles. The van der Waals surface area contributed by atoms with Crippen LogP contribution in [0.2, 0.25) is 0 Å². The summed E-state index contributed by atoms with van der Waals surface area (Å²) in [6.45, 7) is 8.62. The SMILES string of the molecule is CCCc1nc(CCC)c(-c2n[nH]c(=S)n2C(C)C)s1. The molecule has 20 heavy (non-hydrogen) atoms. The smallest absolute Gasteiger partial charge is 0.195 e. The fraction of sp³-hybridized carbons (Fsp3) is 0.643. The number of nitrogens with one attached hydrogen (secondary N) is 1. The van der Waals surface area contributed by atoms with Crippen LogP contribution < -0.4 is 0 Å². The Morgan fingerprint density at radius 3 is 2.55 bits per heavy atom. The molecule has 0 saturated heterocycles. The Hall–Kier alpha value is -1.01. The van der Waals surface area contributed by atoms with Gasteiger partial charge in [0, 0.05) is 6.04 Å². The number of aromatic nitrogens is 4. The second-order valence-electron chi connectivity index (χ2n) is 5.20. The van der Waals surface area contributed by atoms with Crippen molar-refractivity contribution in [3.8, 4) is 10.7 Å². The quantitative estimate of drug-likeness (QED) is 0.796. The molecule has 2 heterocycles. The molecule has 6 heteroatoms. The standard InChI is InChI=1S/C14H22N4S2/c1-5-7-10-12(20-11(15-10)8-6-2)13-16-17-14(19)18(13)9(3)4/h9H,5-8H2,1-4H3,(H,17,19). The van der Waals surface area contributed by atoms with E-state index in [1.165, 1.54) is 9.88 Å². The van der Waals surface area contributed by atoms with Crippen molar-refractivity contribution in [2.24, 2.45) is 0 Å². The maximum atomic E-state index is 5.34. The van der Waals surface area contributed by atoms with Gasteiger partial charge in [0.1, 0.15) is 0 Å². The Labute approximate surface area is 129 Å². The molecule has 0 atom stereocenters. The van der Waals surface area contributed by atoms with Crippen molar-refractivity contribution in [2.45, 2.75) is 59.4 Å². The van der Waals surface area contributed by atoms with Crippen LogP contribution in [0.4, 0.5) is 0 Å². The molecule has 0 unspecified atom stereocenters. The normalized spacial score (nSPS) is 11.4. The highest BCUT2D eigenvalue weighted by Crippen LogP contribution is 2.32.